The predicted molar refractivity (Wildman–Crippen MR) is 105 cm³/mol. The Bertz CT molecular complexity index is 1010. The summed E-state index contributed by atoms with van der Waals surface area (Å²) in [6.45, 7) is 4.00. The second-order valence-electron chi connectivity index (χ2n) is 6.43. The number of hydrogen-bond donors (Lipinski definition) is 2. The van der Waals surface area contributed by atoms with Crippen molar-refractivity contribution in [1.29, 1.82) is 0 Å². The number of hydrogen-bond acceptors (Lipinski definition) is 4. The van der Waals surface area contributed by atoms with Gasteiger partial charge < -0.3 is 15.8 Å². The number of para-hydroxylation sites is 1. The Morgan fingerprint density at radius 2 is 1.93 bits per heavy atom. The first-order chi connectivity index (χ1) is 13.5. The Kier molecular flexibility index (Phi) is 5.74. The van der Waals surface area contributed by atoms with Crippen LogP contribution in [-0.2, 0) is 11.3 Å². The van der Waals surface area contributed by atoms with E-state index in [1.165, 1.54) is 0 Å². The lowest BCUT2D eigenvalue weighted by atomic mass is 10.2. The number of amides is 2. The third kappa shape index (κ3) is 4.37. The minimum Gasteiger partial charge on any atom is -0.484 e. The number of rotatable bonds is 7. The van der Waals surface area contributed by atoms with E-state index in [1.54, 1.807) is 29.1 Å². The molecule has 28 heavy (non-hydrogen) atoms. The second-order valence-corrected chi connectivity index (χ2v) is 6.43. The maximum absolute atomic E-state index is 12.6. The molecule has 0 saturated carbocycles. The van der Waals surface area contributed by atoms with Crippen molar-refractivity contribution < 1.29 is 14.3 Å². The monoisotopic (exact) mass is 378 g/mol. The van der Waals surface area contributed by atoms with Crippen molar-refractivity contribution >= 4 is 11.8 Å². The van der Waals surface area contributed by atoms with E-state index in [0.29, 0.717) is 17.9 Å². The summed E-state index contributed by atoms with van der Waals surface area (Å²) < 4.78 is 7.05. The van der Waals surface area contributed by atoms with Gasteiger partial charge in [-0.1, -0.05) is 30.3 Å². The van der Waals surface area contributed by atoms with Gasteiger partial charge in [0.15, 0.2) is 6.61 Å². The molecule has 144 valence electrons. The Balaban J connectivity index is 1.69. The van der Waals surface area contributed by atoms with Crippen molar-refractivity contribution in [2.45, 2.75) is 20.4 Å². The lowest BCUT2D eigenvalue weighted by Gasteiger charge is -2.09. The molecule has 0 spiro atoms. The highest BCUT2D eigenvalue weighted by atomic mass is 16.5. The molecule has 0 fully saturated rings. The van der Waals surface area contributed by atoms with Crippen LogP contribution in [0.5, 0.6) is 5.75 Å². The van der Waals surface area contributed by atoms with E-state index in [9.17, 15) is 9.59 Å². The number of aryl methyl sites for hydroxylation is 1. The number of primary amides is 1. The highest BCUT2D eigenvalue weighted by Crippen LogP contribution is 2.18. The molecule has 0 bridgehead atoms. The third-order valence-corrected chi connectivity index (χ3v) is 4.33. The van der Waals surface area contributed by atoms with Crippen LogP contribution < -0.4 is 15.8 Å². The summed E-state index contributed by atoms with van der Waals surface area (Å²) in [5.74, 6) is -0.227. The summed E-state index contributed by atoms with van der Waals surface area (Å²) in [6.07, 6.45) is 1.57. The number of ether oxygens (including phenoxy) is 1. The first-order valence-electron chi connectivity index (χ1n) is 8.84. The van der Waals surface area contributed by atoms with Crippen LogP contribution in [0.15, 0.2) is 54.7 Å². The molecule has 7 nitrogen and oxygen atoms in total. The zero-order valence-corrected chi connectivity index (χ0v) is 15.8. The van der Waals surface area contributed by atoms with Crippen molar-refractivity contribution in [1.82, 2.24) is 15.1 Å². The van der Waals surface area contributed by atoms with Crippen molar-refractivity contribution in [2.24, 2.45) is 5.73 Å². The average molecular weight is 378 g/mol. The van der Waals surface area contributed by atoms with Crippen LogP contribution in [0.25, 0.3) is 5.69 Å². The standard InChI is InChI=1S/C21H22N4O3/c1-14-6-3-4-9-19(14)25-15(2)18(12-24-25)21(27)23-11-16-7-5-8-17(10-16)28-13-20(22)26/h3-10,12H,11,13H2,1-2H3,(H2,22,26)(H,23,27). The molecular formula is C21H22N4O3. The average Bonchev–Trinajstić information content (AvgIpc) is 3.06. The Morgan fingerprint density at radius 3 is 2.68 bits per heavy atom. The summed E-state index contributed by atoms with van der Waals surface area (Å²) in [7, 11) is 0. The zero-order chi connectivity index (χ0) is 20.1. The Labute approximate surface area is 163 Å². The molecule has 3 aromatic rings. The van der Waals surface area contributed by atoms with Gasteiger partial charge >= 0.3 is 0 Å². The summed E-state index contributed by atoms with van der Waals surface area (Å²) in [6, 6.07) is 15.0. The van der Waals surface area contributed by atoms with Crippen molar-refractivity contribution in [3.05, 3.63) is 77.1 Å². The smallest absolute Gasteiger partial charge is 0.255 e. The summed E-state index contributed by atoms with van der Waals surface area (Å²) in [5, 5.41) is 7.26. The Hall–Kier alpha value is -3.61. The zero-order valence-electron chi connectivity index (χ0n) is 15.8. The molecule has 0 saturated heterocycles. The van der Waals surface area contributed by atoms with Gasteiger partial charge in [-0.25, -0.2) is 4.68 Å². The molecule has 0 aliphatic carbocycles. The third-order valence-electron chi connectivity index (χ3n) is 4.33. The van der Waals surface area contributed by atoms with Crippen LogP contribution in [0.2, 0.25) is 0 Å². The fourth-order valence-electron chi connectivity index (χ4n) is 2.85. The van der Waals surface area contributed by atoms with Crippen LogP contribution in [0.1, 0.15) is 27.2 Å². The van der Waals surface area contributed by atoms with Gasteiger partial charge in [0.05, 0.1) is 23.1 Å². The van der Waals surface area contributed by atoms with Gasteiger partial charge in [-0.15, -0.1) is 0 Å². The molecule has 0 aliphatic heterocycles. The summed E-state index contributed by atoms with van der Waals surface area (Å²) in [5.41, 5.74) is 9.23. The first kappa shape index (κ1) is 19.2. The van der Waals surface area contributed by atoms with E-state index in [4.69, 9.17) is 10.5 Å². The molecule has 7 heteroatoms. The molecule has 0 radical (unpaired) electrons. The largest absolute Gasteiger partial charge is 0.484 e. The van der Waals surface area contributed by atoms with Gasteiger partial charge in [0.1, 0.15) is 5.75 Å². The highest BCUT2D eigenvalue weighted by molar-refractivity contribution is 5.95. The maximum atomic E-state index is 12.6. The molecule has 1 aromatic heterocycles. The minimum absolute atomic E-state index is 0.187. The van der Waals surface area contributed by atoms with Crippen LogP contribution in [0.4, 0.5) is 0 Å². The van der Waals surface area contributed by atoms with Gasteiger partial charge in [0.2, 0.25) is 0 Å². The molecule has 2 amide bonds. The molecule has 2 aromatic carbocycles. The minimum atomic E-state index is -0.542. The number of nitrogens with two attached hydrogens (primary N) is 1. The predicted octanol–water partition coefficient (Wildman–Crippen LogP) is 2.28. The lowest BCUT2D eigenvalue weighted by molar-refractivity contribution is -0.119. The van der Waals surface area contributed by atoms with E-state index in [-0.39, 0.29) is 12.5 Å². The van der Waals surface area contributed by atoms with Crippen LogP contribution in [-0.4, -0.2) is 28.2 Å². The molecule has 1 heterocycles. The van der Waals surface area contributed by atoms with Gasteiger partial charge in [-0.2, -0.15) is 5.10 Å². The quantitative estimate of drug-likeness (QED) is 0.659. The topological polar surface area (TPSA) is 99.2 Å². The van der Waals surface area contributed by atoms with E-state index in [2.05, 4.69) is 10.4 Å². The number of carbonyl (C=O) groups is 2. The van der Waals surface area contributed by atoms with Crippen LogP contribution in [0.3, 0.4) is 0 Å². The molecule has 0 unspecified atom stereocenters. The van der Waals surface area contributed by atoms with E-state index in [0.717, 1.165) is 22.5 Å². The summed E-state index contributed by atoms with van der Waals surface area (Å²) >= 11 is 0. The number of nitrogens with zero attached hydrogens (tertiary/aromatic N) is 2. The van der Waals surface area contributed by atoms with Gasteiger partial charge in [0.25, 0.3) is 11.8 Å². The van der Waals surface area contributed by atoms with E-state index >= 15 is 0 Å². The lowest BCUT2D eigenvalue weighted by Crippen LogP contribution is -2.23. The van der Waals surface area contributed by atoms with Gasteiger partial charge in [0, 0.05) is 6.54 Å². The van der Waals surface area contributed by atoms with E-state index < -0.39 is 5.91 Å². The van der Waals surface area contributed by atoms with Crippen molar-refractivity contribution in [3.8, 4) is 11.4 Å². The second kappa shape index (κ2) is 8.39. The fraction of sp³-hybridized carbons (Fsp3) is 0.190. The molecule has 3 rings (SSSR count). The highest BCUT2D eigenvalue weighted by Gasteiger charge is 2.15. The van der Waals surface area contributed by atoms with Crippen molar-refractivity contribution in [3.63, 3.8) is 0 Å². The number of nitrogens with one attached hydrogen (secondary N) is 1. The Morgan fingerprint density at radius 1 is 1.14 bits per heavy atom. The van der Waals surface area contributed by atoms with Crippen LogP contribution >= 0.6 is 0 Å². The maximum Gasteiger partial charge on any atom is 0.255 e. The van der Waals surface area contributed by atoms with E-state index in [1.807, 2.05) is 44.2 Å². The number of aromatic nitrogens is 2. The SMILES string of the molecule is Cc1ccccc1-n1ncc(C(=O)NCc2cccc(OCC(N)=O)c2)c1C. The number of carbonyl (C=O) groups excluding carboxylic acids is 2. The molecule has 0 atom stereocenters. The van der Waals surface area contributed by atoms with Gasteiger partial charge in [-0.05, 0) is 43.2 Å². The number of benzene rings is 2. The molecular weight excluding hydrogens is 356 g/mol. The molecule has 0 aliphatic rings. The molecule has 3 N–H and O–H groups in total. The van der Waals surface area contributed by atoms with Crippen molar-refractivity contribution in [2.75, 3.05) is 6.61 Å². The van der Waals surface area contributed by atoms with Gasteiger partial charge in [-0.3, -0.25) is 9.59 Å². The van der Waals surface area contributed by atoms with Crippen LogP contribution in [0, 0.1) is 13.8 Å². The summed E-state index contributed by atoms with van der Waals surface area (Å²) in [4.78, 5) is 23.4. The first-order valence-corrected chi connectivity index (χ1v) is 8.84. The fourth-order valence-corrected chi connectivity index (χ4v) is 2.85. The normalized spacial score (nSPS) is 10.5.